The predicted molar refractivity (Wildman–Crippen MR) is 65.9 cm³/mol. The van der Waals surface area contributed by atoms with Crippen LogP contribution >= 0.6 is 11.3 Å². The average molecular weight is 250 g/mol. The lowest BCUT2D eigenvalue weighted by atomic mass is 10.3. The standard InChI is InChI=1S/C11H14N4OS/c1-3-9-12-10(14-13-9)11(16)15(2)6-8-4-5-17-7-8/h4-5,7H,3,6H2,1-2H3,(H,12,13,14). The Hall–Kier alpha value is -1.69. The molecule has 2 aromatic rings. The van der Waals surface area contributed by atoms with Crippen LogP contribution in [0.5, 0.6) is 0 Å². The molecule has 0 atom stereocenters. The second-order valence-corrected chi connectivity index (χ2v) is 4.53. The van der Waals surface area contributed by atoms with Crippen LogP contribution in [-0.4, -0.2) is 33.0 Å². The van der Waals surface area contributed by atoms with Crippen molar-refractivity contribution in [2.45, 2.75) is 19.9 Å². The molecule has 0 unspecified atom stereocenters. The maximum absolute atomic E-state index is 12.0. The van der Waals surface area contributed by atoms with Crippen molar-refractivity contribution in [3.63, 3.8) is 0 Å². The zero-order valence-corrected chi connectivity index (χ0v) is 10.6. The van der Waals surface area contributed by atoms with Gasteiger partial charge in [0.2, 0.25) is 5.82 Å². The second kappa shape index (κ2) is 5.09. The predicted octanol–water partition coefficient (Wildman–Crippen LogP) is 1.70. The summed E-state index contributed by atoms with van der Waals surface area (Å²) in [5.41, 5.74) is 1.12. The first-order valence-electron chi connectivity index (χ1n) is 5.38. The average Bonchev–Trinajstić information content (AvgIpc) is 2.98. The van der Waals surface area contributed by atoms with Crippen molar-refractivity contribution in [3.8, 4) is 0 Å². The summed E-state index contributed by atoms with van der Waals surface area (Å²) in [6.45, 7) is 2.54. The fourth-order valence-electron chi connectivity index (χ4n) is 1.45. The molecular formula is C11H14N4OS. The minimum Gasteiger partial charge on any atom is -0.335 e. The Bertz CT molecular complexity index is 491. The van der Waals surface area contributed by atoms with Gasteiger partial charge in [0.15, 0.2) is 0 Å². The van der Waals surface area contributed by atoms with Crippen LogP contribution in [0.2, 0.25) is 0 Å². The maximum Gasteiger partial charge on any atom is 0.293 e. The van der Waals surface area contributed by atoms with Gasteiger partial charge in [-0.1, -0.05) is 6.92 Å². The minimum absolute atomic E-state index is 0.160. The molecule has 1 N–H and O–H groups in total. The van der Waals surface area contributed by atoms with Gasteiger partial charge in [0, 0.05) is 20.0 Å². The molecule has 0 fully saturated rings. The smallest absolute Gasteiger partial charge is 0.293 e. The lowest BCUT2D eigenvalue weighted by Crippen LogP contribution is -2.27. The monoisotopic (exact) mass is 250 g/mol. The summed E-state index contributed by atoms with van der Waals surface area (Å²) in [7, 11) is 1.75. The number of H-pyrrole nitrogens is 1. The molecule has 1 amide bonds. The van der Waals surface area contributed by atoms with Gasteiger partial charge in [-0.25, -0.2) is 4.98 Å². The van der Waals surface area contributed by atoms with Crippen molar-refractivity contribution in [1.82, 2.24) is 20.1 Å². The van der Waals surface area contributed by atoms with Crippen molar-refractivity contribution in [2.24, 2.45) is 0 Å². The molecule has 0 aromatic carbocycles. The van der Waals surface area contributed by atoms with Crippen LogP contribution in [0.15, 0.2) is 16.8 Å². The number of aryl methyl sites for hydroxylation is 1. The number of carbonyl (C=O) groups is 1. The number of hydrogen-bond donors (Lipinski definition) is 1. The molecule has 0 aliphatic rings. The van der Waals surface area contributed by atoms with Crippen molar-refractivity contribution in [3.05, 3.63) is 34.0 Å². The zero-order chi connectivity index (χ0) is 12.3. The molecule has 0 bridgehead atoms. The van der Waals surface area contributed by atoms with Gasteiger partial charge >= 0.3 is 0 Å². The molecule has 0 aliphatic carbocycles. The van der Waals surface area contributed by atoms with Crippen LogP contribution in [0.3, 0.4) is 0 Å². The second-order valence-electron chi connectivity index (χ2n) is 3.75. The number of rotatable bonds is 4. The Balaban J connectivity index is 2.04. The summed E-state index contributed by atoms with van der Waals surface area (Å²) < 4.78 is 0. The number of thiophene rings is 1. The van der Waals surface area contributed by atoms with Gasteiger partial charge in [0.05, 0.1) is 0 Å². The molecule has 2 heterocycles. The fourth-order valence-corrected chi connectivity index (χ4v) is 2.11. The molecule has 0 radical (unpaired) electrons. The van der Waals surface area contributed by atoms with E-state index in [0.29, 0.717) is 6.54 Å². The van der Waals surface area contributed by atoms with E-state index in [0.717, 1.165) is 17.8 Å². The first-order chi connectivity index (χ1) is 8.20. The summed E-state index contributed by atoms with van der Waals surface area (Å²) in [5.74, 6) is 0.809. The molecule has 0 saturated heterocycles. The lowest BCUT2D eigenvalue weighted by molar-refractivity contribution is 0.0773. The summed E-state index contributed by atoms with van der Waals surface area (Å²) in [5, 5.41) is 10.7. The number of amides is 1. The van der Waals surface area contributed by atoms with E-state index >= 15 is 0 Å². The Morgan fingerprint density at radius 2 is 2.41 bits per heavy atom. The number of nitrogens with zero attached hydrogens (tertiary/aromatic N) is 3. The Morgan fingerprint density at radius 1 is 1.59 bits per heavy atom. The van der Waals surface area contributed by atoms with Crippen LogP contribution in [0.25, 0.3) is 0 Å². The van der Waals surface area contributed by atoms with E-state index in [-0.39, 0.29) is 11.7 Å². The van der Waals surface area contributed by atoms with Gasteiger partial charge in [0.25, 0.3) is 5.91 Å². The van der Waals surface area contributed by atoms with Crippen molar-refractivity contribution < 1.29 is 4.79 Å². The first kappa shape index (κ1) is 11.8. The molecule has 0 aliphatic heterocycles. The van der Waals surface area contributed by atoms with Crippen LogP contribution in [0.1, 0.15) is 28.9 Å². The van der Waals surface area contributed by atoms with Crippen LogP contribution in [0.4, 0.5) is 0 Å². The lowest BCUT2D eigenvalue weighted by Gasteiger charge is -2.13. The molecule has 6 heteroatoms. The molecule has 17 heavy (non-hydrogen) atoms. The molecule has 0 spiro atoms. The third-order valence-corrected chi connectivity index (χ3v) is 3.14. The number of nitrogens with one attached hydrogen (secondary N) is 1. The van der Waals surface area contributed by atoms with Crippen molar-refractivity contribution in [1.29, 1.82) is 0 Å². The largest absolute Gasteiger partial charge is 0.335 e. The maximum atomic E-state index is 12.0. The number of aromatic nitrogens is 3. The van der Waals surface area contributed by atoms with Crippen LogP contribution in [-0.2, 0) is 13.0 Å². The van der Waals surface area contributed by atoms with Gasteiger partial charge in [-0.3, -0.25) is 9.89 Å². The summed E-state index contributed by atoms with van der Waals surface area (Å²) in [6.07, 6.45) is 0.745. The van der Waals surface area contributed by atoms with E-state index in [1.807, 2.05) is 23.8 Å². The van der Waals surface area contributed by atoms with Gasteiger partial charge in [-0.05, 0) is 22.4 Å². The van der Waals surface area contributed by atoms with Crippen molar-refractivity contribution in [2.75, 3.05) is 7.05 Å². The molecule has 90 valence electrons. The van der Waals surface area contributed by atoms with E-state index in [9.17, 15) is 4.79 Å². The van der Waals surface area contributed by atoms with E-state index in [4.69, 9.17) is 0 Å². The number of hydrogen-bond acceptors (Lipinski definition) is 4. The number of aromatic amines is 1. The summed E-state index contributed by atoms with van der Waals surface area (Å²) in [4.78, 5) is 17.7. The fraction of sp³-hybridized carbons (Fsp3) is 0.364. The topological polar surface area (TPSA) is 61.9 Å². The quantitative estimate of drug-likeness (QED) is 0.898. The van der Waals surface area contributed by atoms with Gasteiger partial charge in [-0.15, -0.1) is 5.10 Å². The van der Waals surface area contributed by atoms with Gasteiger partial charge in [0.1, 0.15) is 5.82 Å². The van der Waals surface area contributed by atoms with E-state index in [1.54, 1.807) is 23.3 Å². The Kier molecular flexibility index (Phi) is 3.53. The highest BCUT2D eigenvalue weighted by Gasteiger charge is 2.16. The third kappa shape index (κ3) is 2.71. The molecule has 2 aromatic heterocycles. The molecule has 0 saturated carbocycles. The Labute approximate surface area is 103 Å². The highest BCUT2D eigenvalue weighted by molar-refractivity contribution is 7.07. The van der Waals surface area contributed by atoms with E-state index < -0.39 is 0 Å². The first-order valence-corrected chi connectivity index (χ1v) is 6.32. The highest BCUT2D eigenvalue weighted by Crippen LogP contribution is 2.09. The highest BCUT2D eigenvalue weighted by atomic mass is 32.1. The SMILES string of the molecule is CCc1nc(C(=O)N(C)Cc2ccsc2)n[nH]1. The minimum atomic E-state index is -0.160. The molecule has 2 rings (SSSR count). The van der Waals surface area contributed by atoms with Crippen LogP contribution in [0, 0.1) is 0 Å². The van der Waals surface area contributed by atoms with Crippen molar-refractivity contribution >= 4 is 17.2 Å². The third-order valence-electron chi connectivity index (χ3n) is 2.40. The van der Waals surface area contributed by atoms with Crippen LogP contribution < -0.4 is 0 Å². The molecule has 5 nitrogen and oxygen atoms in total. The van der Waals surface area contributed by atoms with E-state index in [1.165, 1.54) is 0 Å². The zero-order valence-electron chi connectivity index (χ0n) is 9.80. The normalized spacial score (nSPS) is 10.5. The molecular weight excluding hydrogens is 236 g/mol. The summed E-state index contributed by atoms with van der Waals surface area (Å²) in [6, 6.07) is 2.00. The van der Waals surface area contributed by atoms with Gasteiger partial charge < -0.3 is 4.90 Å². The van der Waals surface area contributed by atoms with Gasteiger partial charge in [-0.2, -0.15) is 11.3 Å². The summed E-state index contributed by atoms with van der Waals surface area (Å²) >= 11 is 1.62. The van der Waals surface area contributed by atoms with E-state index in [2.05, 4.69) is 15.2 Å². The Morgan fingerprint density at radius 3 is 3.00 bits per heavy atom. The number of carbonyl (C=O) groups excluding carboxylic acids is 1.